The molecule has 20 heavy (non-hydrogen) atoms. The van der Waals surface area contributed by atoms with E-state index in [1.807, 2.05) is 0 Å². The van der Waals surface area contributed by atoms with Crippen molar-refractivity contribution in [2.75, 3.05) is 38.9 Å². The molecule has 112 valence electrons. The molecule has 0 saturated carbocycles. The Balaban J connectivity index is 2.67. The highest BCUT2D eigenvalue weighted by Gasteiger charge is 2.14. The maximum absolute atomic E-state index is 11.5. The molecule has 1 aromatic carbocycles. The van der Waals surface area contributed by atoms with Crippen molar-refractivity contribution in [2.45, 2.75) is 12.8 Å². The van der Waals surface area contributed by atoms with Crippen LogP contribution in [-0.4, -0.2) is 33.4 Å². The molecule has 0 amide bonds. The van der Waals surface area contributed by atoms with E-state index in [-0.39, 0.29) is 16.9 Å². The smallest absolute Gasteiger partial charge is 0.373 e. The first-order chi connectivity index (χ1) is 9.60. The number of anilines is 2. The number of unbranched alkanes of at least 4 members (excludes halogenated alkanes) is 1. The van der Waals surface area contributed by atoms with Crippen LogP contribution in [0.5, 0.6) is 5.75 Å². The number of ether oxygens (including phenoxy) is 2. The first-order valence-corrected chi connectivity index (χ1v) is 6.15. The van der Waals surface area contributed by atoms with E-state index in [9.17, 15) is 4.79 Å². The van der Waals surface area contributed by atoms with Crippen molar-refractivity contribution >= 4 is 17.3 Å². The number of benzene rings is 1. The van der Waals surface area contributed by atoms with Crippen LogP contribution < -0.4 is 16.2 Å². The van der Waals surface area contributed by atoms with Gasteiger partial charge in [0.25, 0.3) is 0 Å². The van der Waals surface area contributed by atoms with E-state index in [0.717, 1.165) is 12.8 Å². The van der Waals surface area contributed by atoms with E-state index >= 15 is 0 Å². The van der Waals surface area contributed by atoms with Crippen LogP contribution in [0.1, 0.15) is 23.2 Å². The van der Waals surface area contributed by atoms with Crippen molar-refractivity contribution < 1.29 is 24.0 Å². The second-order valence-electron chi connectivity index (χ2n) is 4.07. The van der Waals surface area contributed by atoms with Crippen LogP contribution in [0.15, 0.2) is 12.1 Å². The van der Waals surface area contributed by atoms with Crippen molar-refractivity contribution in [3.8, 4) is 5.75 Å². The zero-order chi connectivity index (χ0) is 15.0. The van der Waals surface area contributed by atoms with Crippen molar-refractivity contribution in [2.24, 2.45) is 0 Å². The van der Waals surface area contributed by atoms with Crippen LogP contribution in [0.4, 0.5) is 11.4 Å². The van der Waals surface area contributed by atoms with Crippen molar-refractivity contribution in [1.82, 2.24) is 0 Å². The fourth-order valence-electron chi connectivity index (χ4n) is 1.61. The Morgan fingerprint density at radius 1 is 1.10 bits per heavy atom. The molecule has 0 saturated heterocycles. The summed E-state index contributed by atoms with van der Waals surface area (Å²) in [5, 5.41) is 0. The Labute approximate surface area is 117 Å². The molecule has 1 aromatic rings. The van der Waals surface area contributed by atoms with Gasteiger partial charge in [0.15, 0.2) is 5.75 Å². The SMILES string of the molecule is COCCCCOc1c(N)cc(C(=O)OOC)cc1N. The number of hydrogen-bond acceptors (Lipinski definition) is 7. The molecule has 0 unspecified atom stereocenters. The third-order valence-electron chi connectivity index (χ3n) is 2.53. The zero-order valence-corrected chi connectivity index (χ0v) is 11.7. The molecule has 0 atom stereocenters. The molecule has 0 aliphatic heterocycles. The van der Waals surface area contributed by atoms with Gasteiger partial charge in [0, 0.05) is 13.7 Å². The normalized spacial score (nSPS) is 10.3. The average Bonchev–Trinajstić information content (AvgIpc) is 2.41. The maximum Gasteiger partial charge on any atom is 0.373 e. The van der Waals surface area contributed by atoms with Crippen molar-refractivity contribution in [3.63, 3.8) is 0 Å². The zero-order valence-electron chi connectivity index (χ0n) is 11.7. The van der Waals surface area contributed by atoms with Gasteiger partial charge in [-0.2, -0.15) is 4.89 Å². The molecule has 0 spiro atoms. The summed E-state index contributed by atoms with van der Waals surface area (Å²) in [5.74, 6) is -0.297. The highest BCUT2D eigenvalue weighted by Crippen LogP contribution is 2.31. The number of hydrogen-bond donors (Lipinski definition) is 2. The Morgan fingerprint density at radius 2 is 1.70 bits per heavy atom. The lowest BCUT2D eigenvalue weighted by Gasteiger charge is -2.12. The van der Waals surface area contributed by atoms with Crippen LogP contribution in [-0.2, 0) is 14.5 Å². The Bertz CT molecular complexity index is 427. The van der Waals surface area contributed by atoms with Crippen LogP contribution in [0, 0.1) is 0 Å². The van der Waals surface area contributed by atoms with Crippen LogP contribution in [0.25, 0.3) is 0 Å². The third-order valence-corrected chi connectivity index (χ3v) is 2.53. The Morgan fingerprint density at radius 3 is 2.25 bits per heavy atom. The summed E-state index contributed by atoms with van der Waals surface area (Å²) in [6, 6.07) is 2.87. The lowest BCUT2D eigenvalue weighted by molar-refractivity contribution is -0.216. The molecular formula is C13H20N2O5. The number of carbonyl (C=O) groups excluding carboxylic acids is 1. The summed E-state index contributed by atoms with van der Waals surface area (Å²) in [7, 11) is 2.89. The summed E-state index contributed by atoms with van der Waals surface area (Å²) < 4.78 is 10.5. The van der Waals surface area contributed by atoms with E-state index in [1.165, 1.54) is 19.2 Å². The van der Waals surface area contributed by atoms with E-state index < -0.39 is 5.97 Å². The summed E-state index contributed by atoms with van der Waals surface area (Å²) >= 11 is 0. The van der Waals surface area contributed by atoms with Crippen LogP contribution in [0.2, 0.25) is 0 Å². The number of carbonyl (C=O) groups is 1. The first kappa shape index (κ1) is 16.1. The molecule has 0 aromatic heterocycles. The van der Waals surface area contributed by atoms with Gasteiger partial charge in [0.1, 0.15) is 0 Å². The van der Waals surface area contributed by atoms with Gasteiger partial charge in [0.2, 0.25) is 0 Å². The minimum Gasteiger partial charge on any atom is -0.489 e. The second-order valence-corrected chi connectivity index (χ2v) is 4.07. The van der Waals surface area contributed by atoms with Gasteiger partial charge in [-0.3, -0.25) is 4.89 Å². The molecule has 7 heteroatoms. The minimum absolute atomic E-state index is 0.202. The maximum atomic E-state index is 11.5. The molecule has 0 fully saturated rings. The molecule has 0 aliphatic rings. The molecule has 0 radical (unpaired) electrons. The fraction of sp³-hybridized carbons (Fsp3) is 0.462. The lowest BCUT2D eigenvalue weighted by Crippen LogP contribution is -2.09. The summed E-state index contributed by atoms with van der Waals surface area (Å²) in [6.45, 7) is 1.15. The Kier molecular flexibility index (Phi) is 6.61. The van der Waals surface area contributed by atoms with E-state index in [2.05, 4.69) is 9.78 Å². The average molecular weight is 284 g/mol. The van der Waals surface area contributed by atoms with Gasteiger partial charge < -0.3 is 20.9 Å². The highest BCUT2D eigenvalue weighted by molar-refractivity contribution is 5.92. The molecule has 0 heterocycles. The van der Waals surface area contributed by atoms with Crippen LogP contribution >= 0.6 is 0 Å². The fourth-order valence-corrected chi connectivity index (χ4v) is 1.61. The van der Waals surface area contributed by atoms with E-state index in [1.54, 1.807) is 7.11 Å². The molecule has 0 aliphatic carbocycles. The van der Waals surface area contributed by atoms with Gasteiger partial charge in [-0.05, 0) is 25.0 Å². The van der Waals surface area contributed by atoms with Gasteiger partial charge in [-0.1, -0.05) is 0 Å². The van der Waals surface area contributed by atoms with Crippen molar-refractivity contribution in [1.29, 1.82) is 0 Å². The molecular weight excluding hydrogens is 264 g/mol. The predicted molar refractivity (Wildman–Crippen MR) is 74.3 cm³/mol. The van der Waals surface area contributed by atoms with Gasteiger partial charge >= 0.3 is 5.97 Å². The van der Waals surface area contributed by atoms with Gasteiger partial charge in [0.05, 0.1) is 30.7 Å². The first-order valence-electron chi connectivity index (χ1n) is 6.15. The van der Waals surface area contributed by atoms with Gasteiger partial charge in [-0.25, -0.2) is 4.79 Å². The largest absolute Gasteiger partial charge is 0.489 e. The number of methoxy groups -OCH3 is 1. The van der Waals surface area contributed by atoms with Crippen LogP contribution in [0.3, 0.4) is 0 Å². The second kappa shape index (κ2) is 8.23. The summed E-state index contributed by atoms with van der Waals surface area (Å²) in [5.41, 5.74) is 12.4. The topological polar surface area (TPSA) is 106 Å². The third kappa shape index (κ3) is 4.60. The number of nitrogens with two attached hydrogens (primary N) is 2. The van der Waals surface area contributed by atoms with E-state index in [4.69, 9.17) is 20.9 Å². The Hall–Kier alpha value is -1.99. The number of rotatable bonds is 8. The van der Waals surface area contributed by atoms with Crippen molar-refractivity contribution in [3.05, 3.63) is 17.7 Å². The summed E-state index contributed by atoms with van der Waals surface area (Å²) in [6.07, 6.45) is 1.70. The predicted octanol–water partition coefficient (Wildman–Crippen LogP) is 1.37. The number of nitrogen functional groups attached to an aromatic ring is 2. The molecule has 7 nitrogen and oxygen atoms in total. The quantitative estimate of drug-likeness (QED) is 0.321. The van der Waals surface area contributed by atoms with Gasteiger partial charge in [-0.15, -0.1) is 0 Å². The molecule has 4 N–H and O–H groups in total. The summed E-state index contributed by atoms with van der Waals surface area (Å²) in [4.78, 5) is 20.2. The minimum atomic E-state index is -0.669. The lowest BCUT2D eigenvalue weighted by atomic mass is 10.1. The van der Waals surface area contributed by atoms with E-state index in [0.29, 0.717) is 19.0 Å². The highest BCUT2D eigenvalue weighted by atomic mass is 17.2. The molecule has 1 rings (SSSR count). The molecule has 0 bridgehead atoms. The standard InChI is InChI=1S/C13H20N2O5/c1-17-5-3-4-6-19-12-10(14)7-9(8-11(12)15)13(16)20-18-2/h7-8H,3-6,14-15H2,1-2H3. The monoisotopic (exact) mass is 284 g/mol.